The molecule has 1 N–H and O–H groups in total. The molecule has 1 aromatic heterocycles. The Morgan fingerprint density at radius 3 is 2.82 bits per heavy atom. The summed E-state index contributed by atoms with van der Waals surface area (Å²) in [6.07, 6.45) is 0. The van der Waals surface area contributed by atoms with Crippen molar-refractivity contribution in [2.45, 2.75) is 13.8 Å². The van der Waals surface area contributed by atoms with E-state index in [9.17, 15) is 4.79 Å². The largest absolute Gasteiger partial charge is 0.320 e. The fourth-order valence-corrected chi connectivity index (χ4v) is 2.20. The fraction of sp³-hybridized carbons (Fsp3) is 0.167. The molecule has 3 nitrogen and oxygen atoms in total. The van der Waals surface area contributed by atoms with Gasteiger partial charge in [0.2, 0.25) is 0 Å². The van der Waals surface area contributed by atoms with Crippen LogP contribution in [0.4, 0.5) is 5.69 Å². The third-order valence-corrected chi connectivity index (χ3v) is 3.64. The number of benzene rings is 1. The van der Waals surface area contributed by atoms with E-state index in [4.69, 9.17) is 11.6 Å². The van der Waals surface area contributed by atoms with Crippen LogP contribution in [0.15, 0.2) is 23.7 Å². The van der Waals surface area contributed by atoms with Gasteiger partial charge in [-0.3, -0.25) is 4.79 Å². The van der Waals surface area contributed by atoms with Crippen LogP contribution in [0.25, 0.3) is 0 Å². The Morgan fingerprint density at radius 2 is 2.18 bits per heavy atom. The average Bonchev–Trinajstić information content (AvgIpc) is 2.71. The molecule has 0 saturated carbocycles. The number of halogens is 1. The van der Waals surface area contributed by atoms with E-state index in [1.165, 1.54) is 11.3 Å². The highest BCUT2D eigenvalue weighted by Crippen LogP contribution is 2.23. The number of rotatable bonds is 2. The van der Waals surface area contributed by atoms with Crippen LogP contribution in [0.1, 0.15) is 20.9 Å². The van der Waals surface area contributed by atoms with E-state index in [0.717, 1.165) is 16.1 Å². The van der Waals surface area contributed by atoms with Gasteiger partial charge in [0.1, 0.15) is 5.69 Å². The molecular weight excluding hydrogens is 256 g/mol. The van der Waals surface area contributed by atoms with Crippen molar-refractivity contribution >= 4 is 34.5 Å². The van der Waals surface area contributed by atoms with Gasteiger partial charge in [0.05, 0.1) is 5.51 Å². The van der Waals surface area contributed by atoms with Gasteiger partial charge in [0, 0.05) is 15.6 Å². The van der Waals surface area contributed by atoms with E-state index in [1.807, 2.05) is 19.9 Å². The normalized spacial score (nSPS) is 10.3. The molecule has 1 amide bonds. The number of nitrogens with one attached hydrogen (secondary N) is 1. The van der Waals surface area contributed by atoms with Crippen LogP contribution in [0.3, 0.4) is 0 Å². The molecule has 0 radical (unpaired) electrons. The Kier molecular flexibility index (Phi) is 3.45. The number of hydrogen-bond acceptors (Lipinski definition) is 3. The second-order valence-corrected chi connectivity index (χ2v) is 5.09. The second-order valence-electron chi connectivity index (χ2n) is 3.62. The average molecular weight is 267 g/mol. The van der Waals surface area contributed by atoms with Crippen LogP contribution in [-0.2, 0) is 0 Å². The Morgan fingerprint density at radius 1 is 1.41 bits per heavy atom. The van der Waals surface area contributed by atoms with Gasteiger partial charge in [0.15, 0.2) is 0 Å². The molecule has 0 aliphatic heterocycles. The van der Waals surface area contributed by atoms with E-state index in [2.05, 4.69) is 10.3 Å². The van der Waals surface area contributed by atoms with Crippen molar-refractivity contribution in [3.05, 3.63) is 44.9 Å². The lowest BCUT2D eigenvalue weighted by atomic mass is 10.2. The molecule has 0 unspecified atom stereocenters. The van der Waals surface area contributed by atoms with Gasteiger partial charge in [-0.2, -0.15) is 0 Å². The lowest BCUT2D eigenvalue weighted by Crippen LogP contribution is -2.14. The maximum Gasteiger partial charge on any atom is 0.275 e. The highest BCUT2D eigenvalue weighted by Gasteiger charge is 2.13. The monoisotopic (exact) mass is 266 g/mol. The Bertz CT molecular complexity index is 565. The van der Waals surface area contributed by atoms with Crippen molar-refractivity contribution in [2.75, 3.05) is 5.32 Å². The first-order valence-corrected chi connectivity index (χ1v) is 6.32. The lowest BCUT2D eigenvalue weighted by Gasteiger charge is -2.08. The molecule has 0 aliphatic rings. The van der Waals surface area contributed by atoms with Gasteiger partial charge in [0.25, 0.3) is 5.91 Å². The number of carbonyl (C=O) groups is 1. The number of nitrogens with zero attached hydrogens (tertiary/aromatic N) is 1. The van der Waals surface area contributed by atoms with Crippen molar-refractivity contribution in [2.24, 2.45) is 0 Å². The van der Waals surface area contributed by atoms with Gasteiger partial charge in [-0.25, -0.2) is 4.98 Å². The molecule has 2 rings (SSSR count). The molecule has 0 fully saturated rings. The highest BCUT2D eigenvalue weighted by molar-refractivity contribution is 7.09. The molecule has 0 atom stereocenters. The predicted octanol–water partition coefficient (Wildman–Crippen LogP) is 3.67. The molecule has 0 aliphatic carbocycles. The number of hydrogen-bond donors (Lipinski definition) is 1. The molecule has 88 valence electrons. The summed E-state index contributed by atoms with van der Waals surface area (Å²) in [7, 11) is 0. The van der Waals surface area contributed by atoms with Crippen LogP contribution >= 0.6 is 22.9 Å². The number of thiazole rings is 1. The van der Waals surface area contributed by atoms with Crippen molar-refractivity contribution in [1.29, 1.82) is 0 Å². The smallest absolute Gasteiger partial charge is 0.275 e. The fourth-order valence-electron chi connectivity index (χ4n) is 1.45. The molecule has 0 spiro atoms. The van der Waals surface area contributed by atoms with Crippen molar-refractivity contribution < 1.29 is 4.79 Å². The van der Waals surface area contributed by atoms with E-state index in [-0.39, 0.29) is 5.91 Å². The van der Waals surface area contributed by atoms with Crippen LogP contribution in [0, 0.1) is 13.8 Å². The summed E-state index contributed by atoms with van der Waals surface area (Å²) in [5.41, 5.74) is 3.70. The molecule has 0 bridgehead atoms. The summed E-state index contributed by atoms with van der Waals surface area (Å²) < 4.78 is 0. The second kappa shape index (κ2) is 4.85. The lowest BCUT2D eigenvalue weighted by molar-refractivity contribution is 0.102. The molecule has 5 heteroatoms. The van der Waals surface area contributed by atoms with Crippen LogP contribution < -0.4 is 5.32 Å². The first-order valence-electron chi connectivity index (χ1n) is 5.06. The Balaban J connectivity index is 2.25. The summed E-state index contributed by atoms with van der Waals surface area (Å²) in [6.45, 7) is 3.74. The predicted molar refractivity (Wildman–Crippen MR) is 71.0 cm³/mol. The molecule has 1 heterocycles. The summed E-state index contributed by atoms with van der Waals surface area (Å²) in [6, 6.07) is 5.42. The number of aromatic nitrogens is 1. The van der Waals surface area contributed by atoms with E-state index < -0.39 is 0 Å². The summed E-state index contributed by atoms with van der Waals surface area (Å²) in [4.78, 5) is 16.9. The standard InChI is InChI=1S/C12H11ClN2OS/c1-7-9(13)4-3-5-10(7)15-12(16)11-8(2)17-6-14-11/h3-6H,1-2H3,(H,15,16). The van der Waals surface area contributed by atoms with Crippen molar-refractivity contribution in [1.82, 2.24) is 4.98 Å². The molecule has 1 aromatic carbocycles. The summed E-state index contributed by atoms with van der Waals surface area (Å²) in [5, 5.41) is 3.45. The number of carbonyl (C=O) groups excluding carboxylic acids is 1. The maximum atomic E-state index is 11.9. The van der Waals surface area contributed by atoms with Gasteiger partial charge in [-0.05, 0) is 31.5 Å². The zero-order chi connectivity index (χ0) is 12.4. The summed E-state index contributed by atoms with van der Waals surface area (Å²) in [5.74, 6) is -0.200. The topological polar surface area (TPSA) is 42.0 Å². The quantitative estimate of drug-likeness (QED) is 0.901. The Hall–Kier alpha value is -1.39. The first-order chi connectivity index (χ1) is 8.09. The van der Waals surface area contributed by atoms with E-state index >= 15 is 0 Å². The third kappa shape index (κ3) is 2.48. The maximum absolute atomic E-state index is 11.9. The third-order valence-electron chi connectivity index (χ3n) is 2.48. The minimum Gasteiger partial charge on any atom is -0.320 e. The minimum atomic E-state index is -0.200. The number of anilines is 1. The van der Waals surface area contributed by atoms with Gasteiger partial charge in [-0.1, -0.05) is 17.7 Å². The summed E-state index contributed by atoms with van der Waals surface area (Å²) >= 11 is 7.44. The van der Waals surface area contributed by atoms with Crippen LogP contribution in [0.2, 0.25) is 5.02 Å². The molecule has 17 heavy (non-hydrogen) atoms. The van der Waals surface area contributed by atoms with E-state index in [1.54, 1.807) is 17.6 Å². The minimum absolute atomic E-state index is 0.200. The number of aryl methyl sites for hydroxylation is 1. The van der Waals surface area contributed by atoms with Gasteiger partial charge in [-0.15, -0.1) is 11.3 Å². The van der Waals surface area contributed by atoms with Gasteiger partial charge >= 0.3 is 0 Å². The van der Waals surface area contributed by atoms with Crippen molar-refractivity contribution in [3.8, 4) is 0 Å². The first kappa shape index (κ1) is 12.1. The van der Waals surface area contributed by atoms with Crippen LogP contribution in [0.5, 0.6) is 0 Å². The zero-order valence-electron chi connectivity index (χ0n) is 9.45. The molecular formula is C12H11ClN2OS. The zero-order valence-corrected chi connectivity index (χ0v) is 11.0. The van der Waals surface area contributed by atoms with Crippen molar-refractivity contribution in [3.63, 3.8) is 0 Å². The highest BCUT2D eigenvalue weighted by atomic mass is 35.5. The Labute approximate surface area is 108 Å². The van der Waals surface area contributed by atoms with Crippen LogP contribution in [-0.4, -0.2) is 10.9 Å². The molecule has 2 aromatic rings. The number of amides is 1. The van der Waals surface area contributed by atoms with Gasteiger partial charge < -0.3 is 5.32 Å². The molecule has 0 saturated heterocycles. The SMILES string of the molecule is Cc1scnc1C(=O)Nc1cccc(Cl)c1C. The van der Waals surface area contributed by atoms with E-state index in [0.29, 0.717) is 10.7 Å².